The summed E-state index contributed by atoms with van der Waals surface area (Å²) in [6.07, 6.45) is 1.18. The van der Waals surface area contributed by atoms with Crippen molar-refractivity contribution in [3.8, 4) is 0 Å². The standard InChI is InChI=1S/C18H32N4.2H2/c1-16(2)21-11-13-22(14-12-21)18-7-5-17(6-8-18)15-20-10-4-9-19-3;;/h5-8,16,19-20H,4,9-15H2,1-3H3;2*1H. The summed E-state index contributed by atoms with van der Waals surface area (Å²) in [5.41, 5.74) is 2.73. The van der Waals surface area contributed by atoms with Gasteiger partial charge in [-0.3, -0.25) is 4.90 Å². The third-order valence-electron chi connectivity index (χ3n) is 4.46. The summed E-state index contributed by atoms with van der Waals surface area (Å²) < 4.78 is 0. The van der Waals surface area contributed by atoms with Gasteiger partial charge < -0.3 is 15.5 Å². The Morgan fingerprint density at radius 1 is 1.05 bits per heavy atom. The molecule has 2 N–H and O–H groups in total. The Morgan fingerprint density at radius 3 is 2.32 bits per heavy atom. The average molecular weight is 309 g/mol. The fourth-order valence-corrected chi connectivity index (χ4v) is 2.94. The number of anilines is 1. The second-order valence-electron chi connectivity index (χ2n) is 6.42. The summed E-state index contributed by atoms with van der Waals surface area (Å²) in [5.74, 6) is 0. The molecule has 1 saturated heterocycles. The van der Waals surface area contributed by atoms with E-state index in [2.05, 4.69) is 58.5 Å². The lowest BCUT2D eigenvalue weighted by atomic mass is 10.1. The van der Waals surface area contributed by atoms with Crippen LogP contribution >= 0.6 is 0 Å². The molecule has 0 amide bonds. The predicted molar refractivity (Wildman–Crippen MR) is 99.8 cm³/mol. The lowest BCUT2D eigenvalue weighted by Crippen LogP contribution is -2.48. The maximum Gasteiger partial charge on any atom is 0.0367 e. The van der Waals surface area contributed by atoms with E-state index < -0.39 is 0 Å². The Labute approximate surface area is 138 Å². The molecule has 0 aromatic heterocycles. The van der Waals surface area contributed by atoms with Gasteiger partial charge in [0, 0.05) is 47.3 Å². The van der Waals surface area contributed by atoms with E-state index in [1.165, 1.54) is 30.8 Å². The summed E-state index contributed by atoms with van der Waals surface area (Å²) in [4.78, 5) is 5.06. The Morgan fingerprint density at radius 2 is 1.73 bits per heavy atom. The first-order valence-corrected chi connectivity index (χ1v) is 8.64. The molecule has 0 radical (unpaired) electrons. The zero-order valence-electron chi connectivity index (χ0n) is 14.4. The van der Waals surface area contributed by atoms with Crippen molar-refractivity contribution in [2.45, 2.75) is 32.9 Å². The van der Waals surface area contributed by atoms with Crippen LogP contribution in [0.15, 0.2) is 24.3 Å². The molecule has 0 atom stereocenters. The van der Waals surface area contributed by atoms with Crippen LogP contribution in [0.25, 0.3) is 0 Å². The molecule has 2 rings (SSSR count). The largest absolute Gasteiger partial charge is 0.369 e. The second kappa shape index (κ2) is 9.13. The Kier molecular flexibility index (Phi) is 7.16. The minimum absolute atomic E-state index is 0. The van der Waals surface area contributed by atoms with E-state index >= 15 is 0 Å². The van der Waals surface area contributed by atoms with E-state index in [-0.39, 0.29) is 2.85 Å². The molecule has 22 heavy (non-hydrogen) atoms. The van der Waals surface area contributed by atoms with Gasteiger partial charge in [-0.15, -0.1) is 0 Å². The molecule has 0 bridgehead atoms. The highest BCUT2D eigenvalue weighted by Gasteiger charge is 2.18. The zero-order chi connectivity index (χ0) is 15.8. The van der Waals surface area contributed by atoms with Crippen molar-refractivity contribution in [3.05, 3.63) is 29.8 Å². The molecular formula is C18H36N4. The van der Waals surface area contributed by atoms with E-state index in [1.807, 2.05) is 7.05 Å². The second-order valence-corrected chi connectivity index (χ2v) is 6.42. The fraction of sp³-hybridized carbons (Fsp3) is 0.667. The minimum atomic E-state index is 0. The topological polar surface area (TPSA) is 30.5 Å². The van der Waals surface area contributed by atoms with E-state index in [0.29, 0.717) is 6.04 Å². The third-order valence-corrected chi connectivity index (χ3v) is 4.46. The minimum Gasteiger partial charge on any atom is -0.369 e. The van der Waals surface area contributed by atoms with Gasteiger partial charge in [-0.2, -0.15) is 0 Å². The molecule has 1 aromatic rings. The highest BCUT2D eigenvalue weighted by molar-refractivity contribution is 5.48. The van der Waals surface area contributed by atoms with Gasteiger partial charge in [-0.05, 0) is 58.1 Å². The molecule has 1 aliphatic rings. The quantitative estimate of drug-likeness (QED) is 0.722. The molecule has 1 aromatic carbocycles. The molecular weight excluding hydrogens is 272 g/mol. The van der Waals surface area contributed by atoms with Crippen LogP contribution in [-0.2, 0) is 6.54 Å². The molecule has 1 heterocycles. The molecule has 4 nitrogen and oxygen atoms in total. The summed E-state index contributed by atoms with van der Waals surface area (Å²) in [7, 11) is 2.00. The van der Waals surface area contributed by atoms with Gasteiger partial charge in [0.15, 0.2) is 0 Å². The number of nitrogens with one attached hydrogen (secondary N) is 2. The van der Waals surface area contributed by atoms with Gasteiger partial charge in [0.05, 0.1) is 0 Å². The Balaban J connectivity index is 0.00000264. The first-order chi connectivity index (χ1) is 10.7. The summed E-state index contributed by atoms with van der Waals surface area (Å²) in [5, 5.41) is 6.66. The van der Waals surface area contributed by atoms with Gasteiger partial charge >= 0.3 is 0 Å². The maximum absolute atomic E-state index is 3.49. The number of benzene rings is 1. The SMILES string of the molecule is CNCCCNCc1ccc(N2CCN(C(C)C)CC2)cc1.[HH].[HH]. The highest BCUT2D eigenvalue weighted by atomic mass is 15.3. The first kappa shape index (κ1) is 17.3. The number of rotatable bonds is 8. The van der Waals surface area contributed by atoms with E-state index in [1.54, 1.807) is 0 Å². The number of hydrogen-bond donors (Lipinski definition) is 2. The average Bonchev–Trinajstić information content (AvgIpc) is 2.55. The molecule has 0 aliphatic carbocycles. The predicted octanol–water partition coefficient (Wildman–Crippen LogP) is 2.41. The Bertz CT molecular complexity index is 418. The lowest BCUT2D eigenvalue weighted by molar-refractivity contribution is 0.209. The van der Waals surface area contributed by atoms with Crippen LogP contribution in [0.3, 0.4) is 0 Å². The molecule has 1 aliphatic heterocycles. The van der Waals surface area contributed by atoms with Crippen molar-refractivity contribution in [1.82, 2.24) is 15.5 Å². The van der Waals surface area contributed by atoms with E-state index in [0.717, 1.165) is 32.7 Å². The monoisotopic (exact) mass is 308 g/mol. The smallest absolute Gasteiger partial charge is 0.0367 e. The normalized spacial score (nSPS) is 16.5. The third kappa shape index (κ3) is 5.27. The van der Waals surface area contributed by atoms with Crippen LogP contribution in [0.4, 0.5) is 5.69 Å². The van der Waals surface area contributed by atoms with Gasteiger partial charge in [0.25, 0.3) is 0 Å². The first-order valence-electron chi connectivity index (χ1n) is 8.64. The summed E-state index contributed by atoms with van der Waals surface area (Å²) >= 11 is 0. The van der Waals surface area contributed by atoms with E-state index in [4.69, 9.17) is 0 Å². The van der Waals surface area contributed by atoms with Crippen molar-refractivity contribution in [2.24, 2.45) is 0 Å². The van der Waals surface area contributed by atoms with Crippen LogP contribution in [0.2, 0.25) is 0 Å². The van der Waals surface area contributed by atoms with E-state index in [9.17, 15) is 0 Å². The van der Waals surface area contributed by atoms with Crippen LogP contribution in [0.5, 0.6) is 0 Å². The highest BCUT2D eigenvalue weighted by Crippen LogP contribution is 2.18. The van der Waals surface area contributed by atoms with Crippen molar-refractivity contribution in [1.29, 1.82) is 0 Å². The van der Waals surface area contributed by atoms with Crippen LogP contribution in [-0.4, -0.2) is 57.3 Å². The summed E-state index contributed by atoms with van der Waals surface area (Å²) in [6.45, 7) is 12.3. The van der Waals surface area contributed by atoms with Gasteiger partial charge in [-0.25, -0.2) is 0 Å². The van der Waals surface area contributed by atoms with Crippen molar-refractivity contribution >= 4 is 5.69 Å². The molecule has 1 fully saturated rings. The zero-order valence-corrected chi connectivity index (χ0v) is 14.4. The lowest BCUT2D eigenvalue weighted by Gasteiger charge is -2.38. The van der Waals surface area contributed by atoms with Crippen molar-refractivity contribution in [3.63, 3.8) is 0 Å². The van der Waals surface area contributed by atoms with Crippen LogP contribution < -0.4 is 15.5 Å². The fourth-order valence-electron chi connectivity index (χ4n) is 2.94. The number of hydrogen-bond acceptors (Lipinski definition) is 4. The molecule has 4 heteroatoms. The Hall–Kier alpha value is -1.10. The molecule has 0 unspecified atom stereocenters. The van der Waals surface area contributed by atoms with Gasteiger partial charge in [0.1, 0.15) is 0 Å². The van der Waals surface area contributed by atoms with Gasteiger partial charge in [0.2, 0.25) is 0 Å². The molecule has 128 valence electrons. The number of piperazine rings is 1. The summed E-state index contributed by atoms with van der Waals surface area (Å²) in [6, 6.07) is 9.73. The number of nitrogens with zero attached hydrogens (tertiary/aromatic N) is 2. The van der Waals surface area contributed by atoms with Gasteiger partial charge in [-0.1, -0.05) is 12.1 Å². The van der Waals surface area contributed by atoms with Crippen LogP contribution in [0.1, 0.15) is 28.7 Å². The molecule has 0 spiro atoms. The van der Waals surface area contributed by atoms with Crippen molar-refractivity contribution < 1.29 is 2.85 Å². The maximum atomic E-state index is 3.49. The van der Waals surface area contributed by atoms with Crippen LogP contribution in [0, 0.1) is 0 Å². The van der Waals surface area contributed by atoms with Crippen molar-refractivity contribution in [2.75, 3.05) is 51.2 Å². The molecule has 0 saturated carbocycles.